The fourth-order valence-electron chi connectivity index (χ4n) is 2.98. The Morgan fingerprint density at radius 2 is 2.21 bits per heavy atom. The SMILES string of the molecule is CCOC1(C(O)Cc2ncnn2C)CCC(C)CC1. The number of hydrogen-bond donors (Lipinski definition) is 1. The average molecular weight is 267 g/mol. The Morgan fingerprint density at radius 1 is 1.53 bits per heavy atom. The van der Waals surface area contributed by atoms with Crippen molar-refractivity contribution < 1.29 is 9.84 Å². The summed E-state index contributed by atoms with van der Waals surface area (Å²) in [6.07, 6.45) is 5.62. The van der Waals surface area contributed by atoms with Crippen LogP contribution in [-0.2, 0) is 18.2 Å². The maximum atomic E-state index is 10.6. The third kappa shape index (κ3) is 3.15. The van der Waals surface area contributed by atoms with E-state index in [1.807, 2.05) is 14.0 Å². The molecule has 5 nitrogen and oxygen atoms in total. The van der Waals surface area contributed by atoms with E-state index in [2.05, 4.69) is 17.0 Å². The molecule has 0 aliphatic heterocycles. The molecule has 5 heteroatoms. The zero-order chi connectivity index (χ0) is 13.9. The quantitative estimate of drug-likeness (QED) is 0.882. The molecule has 108 valence electrons. The molecule has 1 aromatic rings. The molecule has 0 spiro atoms. The van der Waals surface area contributed by atoms with Crippen LogP contribution in [0.5, 0.6) is 0 Å². The summed E-state index contributed by atoms with van der Waals surface area (Å²) in [4.78, 5) is 4.19. The first-order valence-corrected chi connectivity index (χ1v) is 7.22. The molecular weight excluding hydrogens is 242 g/mol. The highest BCUT2D eigenvalue weighted by molar-refractivity contribution is 4.98. The maximum absolute atomic E-state index is 10.6. The first kappa shape index (κ1) is 14.5. The highest BCUT2D eigenvalue weighted by Crippen LogP contribution is 2.38. The fraction of sp³-hybridized carbons (Fsp3) is 0.857. The molecule has 1 N–H and O–H groups in total. The molecule has 1 aromatic heterocycles. The van der Waals surface area contributed by atoms with E-state index in [0.717, 1.165) is 37.4 Å². The van der Waals surface area contributed by atoms with Crippen molar-refractivity contribution in [2.75, 3.05) is 6.61 Å². The van der Waals surface area contributed by atoms with Crippen molar-refractivity contribution >= 4 is 0 Å². The average Bonchev–Trinajstić information content (AvgIpc) is 2.78. The minimum Gasteiger partial charge on any atom is -0.390 e. The summed E-state index contributed by atoms with van der Waals surface area (Å²) < 4.78 is 7.68. The highest BCUT2D eigenvalue weighted by atomic mass is 16.5. The molecule has 0 amide bonds. The number of aliphatic hydroxyl groups is 1. The number of aromatic nitrogens is 3. The predicted molar refractivity (Wildman–Crippen MR) is 72.7 cm³/mol. The number of rotatable bonds is 5. The van der Waals surface area contributed by atoms with Crippen LogP contribution >= 0.6 is 0 Å². The molecule has 0 saturated heterocycles. The Kier molecular flexibility index (Phi) is 4.58. The van der Waals surface area contributed by atoms with Gasteiger partial charge in [-0.05, 0) is 38.5 Å². The Bertz CT molecular complexity index is 397. The number of nitrogens with zero attached hydrogens (tertiary/aromatic N) is 3. The van der Waals surface area contributed by atoms with Crippen molar-refractivity contribution in [2.45, 2.75) is 57.7 Å². The van der Waals surface area contributed by atoms with Crippen molar-refractivity contribution in [3.8, 4) is 0 Å². The Hall–Kier alpha value is -0.940. The molecule has 1 atom stereocenters. The molecule has 1 unspecified atom stereocenters. The Labute approximate surface area is 115 Å². The normalized spacial score (nSPS) is 29.4. The van der Waals surface area contributed by atoms with Gasteiger partial charge in [0.25, 0.3) is 0 Å². The van der Waals surface area contributed by atoms with Crippen molar-refractivity contribution in [3.63, 3.8) is 0 Å². The molecule has 19 heavy (non-hydrogen) atoms. The Morgan fingerprint density at radius 3 is 2.74 bits per heavy atom. The summed E-state index contributed by atoms with van der Waals surface area (Å²) in [6, 6.07) is 0. The first-order valence-electron chi connectivity index (χ1n) is 7.22. The molecule has 0 radical (unpaired) electrons. The molecule has 1 aliphatic carbocycles. The van der Waals surface area contributed by atoms with Crippen molar-refractivity contribution in [2.24, 2.45) is 13.0 Å². The van der Waals surface area contributed by atoms with Gasteiger partial charge in [-0.25, -0.2) is 4.98 Å². The summed E-state index contributed by atoms with van der Waals surface area (Å²) in [7, 11) is 1.85. The van der Waals surface area contributed by atoms with Gasteiger partial charge in [0.05, 0.1) is 11.7 Å². The summed E-state index contributed by atoms with van der Waals surface area (Å²) in [6.45, 7) is 4.91. The minimum atomic E-state index is -0.511. The fourth-order valence-corrected chi connectivity index (χ4v) is 2.98. The number of hydrogen-bond acceptors (Lipinski definition) is 4. The van der Waals surface area contributed by atoms with Crippen LogP contribution in [0.25, 0.3) is 0 Å². The van der Waals surface area contributed by atoms with Gasteiger partial charge in [0, 0.05) is 20.1 Å². The molecule has 1 heterocycles. The minimum absolute atomic E-state index is 0.396. The lowest BCUT2D eigenvalue weighted by molar-refractivity contribution is -0.144. The van der Waals surface area contributed by atoms with Gasteiger partial charge in [0.15, 0.2) is 0 Å². The molecule has 0 aromatic carbocycles. The van der Waals surface area contributed by atoms with Crippen LogP contribution in [0.2, 0.25) is 0 Å². The van der Waals surface area contributed by atoms with Gasteiger partial charge < -0.3 is 9.84 Å². The smallest absolute Gasteiger partial charge is 0.138 e. The molecule has 0 bridgehead atoms. The van der Waals surface area contributed by atoms with E-state index in [1.54, 1.807) is 4.68 Å². The molecule has 2 rings (SSSR count). The van der Waals surface area contributed by atoms with E-state index in [-0.39, 0.29) is 0 Å². The summed E-state index contributed by atoms with van der Waals surface area (Å²) in [5.41, 5.74) is -0.396. The third-order valence-corrected chi connectivity index (χ3v) is 4.34. The van der Waals surface area contributed by atoms with E-state index in [0.29, 0.717) is 13.0 Å². The van der Waals surface area contributed by atoms with Gasteiger partial charge in [-0.3, -0.25) is 4.68 Å². The van der Waals surface area contributed by atoms with E-state index >= 15 is 0 Å². The molecule has 1 saturated carbocycles. The zero-order valence-electron chi connectivity index (χ0n) is 12.2. The lowest BCUT2D eigenvalue weighted by atomic mass is 9.75. The van der Waals surface area contributed by atoms with E-state index < -0.39 is 11.7 Å². The van der Waals surface area contributed by atoms with Gasteiger partial charge in [0.2, 0.25) is 0 Å². The molecule has 1 aliphatic rings. The van der Waals surface area contributed by atoms with Crippen LogP contribution in [0.1, 0.15) is 45.4 Å². The van der Waals surface area contributed by atoms with Gasteiger partial charge in [-0.1, -0.05) is 6.92 Å². The van der Waals surface area contributed by atoms with Crippen LogP contribution in [0, 0.1) is 5.92 Å². The highest BCUT2D eigenvalue weighted by Gasteiger charge is 2.41. The van der Waals surface area contributed by atoms with Gasteiger partial charge >= 0.3 is 0 Å². The number of ether oxygens (including phenoxy) is 1. The van der Waals surface area contributed by atoms with E-state index in [4.69, 9.17) is 4.74 Å². The van der Waals surface area contributed by atoms with Crippen LogP contribution in [0.15, 0.2) is 6.33 Å². The topological polar surface area (TPSA) is 60.2 Å². The number of aryl methyl sites for hydroxylation is 1. The largest absolute Gasteiger partial charge is 0.390 e. The van der Waals surface area contributed by atoms with Crippen molar-refractivity contribution in [1.29, 1.82) is 0 Å². The summed E-state index contributed by atoms with van der Waals surface area (Å²) in [5, 5.41) is 14.7. The third-order valence-electron chi connectivity index (χ3n) is 4.34. The van der Waals surface area contributed by atoms with Crippen molar-refractivity contribution in [3.05, 3.63) is 12.2 Å². The standard InChI is InChI=1S/C14H25N3O2/c1-4-19-14(7-5-11(2)6-8-14)12(18)9-13-15-10-16-17(13)3/h10-12,18H,4-9H2,1-3H3. The zero-order valence-corrected chi connectivity index (χ0v) is 12.2. The second kappa shape index (κ2) is 6.01. The summed E-state index contributed by atoms with van der Waals surface area (Å²) in [5.74, 6) is 1.54. The summed E-state index contributed by atoms with van der Waals surface area (Å²) >= 11 is 0. The van der Waals surface area contributed by atoms with Crippen LogP contribution in [0.3, 0.4) is 0 Å². The Balaban J connectivity index is 2.08. The van der Waals surface area contributed by atoms with Crippen LogP contribution in [-0.4, -0.2) is 38.2 Å². The maximum Gasteiger partial charge on any atom is 0.138 e. The van der Waals surface area contributed by atoms with E-state index in [9.17, 15) is 5.11 Å². The predicted octanol–water partition coefficient (Wildman–Crippen LogP) is 1.70. The first-order chi connectivity index (χ1) is 9.07. The van der Waals surface area contributed by atoms with Crippen molar-refractivity contribution in [1.82, 2.24) is 14.8 Å². The second-order valence-corrected chi connectivity index (χ2v) is 5.70. The van der Waals surface area contributed by atoms with Crippen LogP contribution in [0.4, 0.5) is 0 Å². The van der Waals surface area contributed by atoms with Gasteiger partial charge in [-0.15, -0.1) is 0 Å². The second-order valence-electron chi connectivity index (χ2n) is 5.70. The lowest BCUT2D eigenvalue weighted by Gasteiger charge is -2.42. The molecular formula is C14H25N3O2. The lowest BCUT2D eigenvalue weighted by Crippen LogP contribution is -2.49. The monoisotopic (exact) mass is 267 g/mol. The number of aliphatic hydroxyl groups excluding tert-OH is 1. The van der Waals surface area contributed by atoms with E-state index in [1.165, 1.54) is 6.33 Å². The van der Waals surface area contributed by atoms with Crippen LogP contribution < -0.4 is 0 Å². The van der Waals surface area contributed by atoms with Gasteiger partial charge in [0.1, 0.15) is 12.2 Å². The van der Waals surface area contributed by atoms with Gasteiger partial charge in [-0.2, -0.15) is 5.10 Å². The molecule has 1 fully saturated rings.